The van der Waals surface area contributed by atoms with Gasteiger partial charge in [-0.1, -0.05) is 30.3 Å². The number of ether oxygens (including phenoxy) is 2. The Hall–Kier alpha value is -1.80. The quantitative estimate of drug-likeness (QED) is 0.720. The molecule has 2 saturated heterocycles. The molecule has 0 N–H and O–H groups in total. The minimum absolute atomic E-state index is 0.0241. The van der Waals surface area contributed by atoms with E-state index in [2.05, 4.69) is 0 Å². The maximum absolute atomic E-state index is 13.1. The van der Waals surface area contributed by atoms with Crippen LogP contribution in [0.3, 0.4) is 0 Å². The minimum atomic E-state index is -4.27. The highest BCUT2D eigenvalue weighted by atomic mass is 19.4. The first kappa shape index (κ1) is 21.9. The highest BCUT2D eigenvalue weighted by Crippen LogP contribution is 2.40. The zero-order chi connectivity index (χ0) is 21.3. The van der Waals surface area contributed by atoms with E-state index >= 15 is 0 Å². The van der Waals surface area contributed by atoms with Gasteiger partial charge < -0.3 is 9.47 Å². The second-order valence-electron chi connectivity index (χ2n) is 9.05. The molecule has 2 aliphatic rings. The van der Waals surface area contributed by atoms with Crippen LogP contribution in [0.1, 0.15) is 45.1 Å². The first-order valence-corrected chi connectivity index (χ1v) is 9.91. The topological polar surface area (TPSA) is 42.0 Å². The average Bonchev–Trinajstić information content (AvgIpc) is 2.60. The first-order chi connectivity index (χ1) is 13.4. The second-order valence-corrected chi connectivity index (χ2v) is 9.05. The maximum atomic E-state index is 13.1. The van der Waals surface area contributed by atoms with Crippen molar-refractivity contribution in [3.63, 3.8) is 0 Å². The maximum Gasteiger partial charge on any atom is 0.412 e. The van der Waals surface area contributed by atoms with Gasteiger partial charge in [0.15, 0.2) is 0 Å². The first-order valence-electron chi connectivity index (χ1n) is 9.91. The Morgan fingerprint density at radius 3 is 2.48 bits per heavy atom. The fourth-order valence-electron chi connectivity index (χ4n) is 4.13. The molecule has 162 valence electrons. The zero-order valence-corrected chi connectivity index (χ0v) is 17.2. The van der Waals surface area contributed by atoms with Gasteiger partial charge in [-0.2, -0.15) is 13.2 Å². The number of halogens is 3. The summed E-state index contributed by atoms with van der Waals surface area (Å²) < 4.78 is 50.7. The number of nitrogens with zero attached hydrogens (tertiary/aromatic N) is 2. The van der Waals surface area contributed by atoms with Crippen LogP contribution in [0.4, 0.5) is 18.0 Å². The molecule has 2 aliphatic heterocycles. The highest BCUT2D eigenvalue weighted by molar-refractivity contribution is 5.68. The van der Waals surface area contributed by atoms with E-state index in [0.717, 1.165) is 5.56 Å². The van der Waals surface area contributed by atoms with Gasteiger partial charge in [0, 0.05) is 19.6 Å². The molecule has 1 spiro atoms. The standard InChI is InChI=1S/C21H29F3N2O3/c1-19(2,3)29-18(27)26-10-9-20(28-15-26)11-17(16-7-5-4-6-8-16)12-25(13-20)14-21(22,23)24/h4-8,17H,9-15H2,1-3H3. The van der Waals surface area contributed by atoms with E-state index in [-0.39, 0.29) is 19.2 Å². The fraction of sp³-hybridized carbons (Fsp3) is 0.667. The van der Waals surface area contributed by atoms with E-state index in [1.54, 1.807) is 20.8 Å². The predicted molar refractivity (Wildman–Crippen MR) is 103 cm³/mol. The number of alkyl halides is 3. The van der Waals surface area contributed by atoms with Gasteiger partial charge in [-0.25, -0.2) is 4.79 Å². The monoisotopic (exact) mass is 414 g/mol. The van der Waals surface area contributed by atoms with Gasteiger partial charge in [-0.05, 0) is 45.1 Å². The van der Waals surface area contributed by atoms with Crippen LogP contribution < -0.4 is 0 Å². The number of hydrogen-bond donors (Lipinski definition) is 0. The molecule has 2 atom stereocenters. The molecule has 5 nitrogen and oxygen atoms in total. The molecular weight excluding hydrogens is 385 g/mol. The third kappa shape index (κ3) is 6.09. The van der Waals surface area contributed by atoms with Crippen LogP contribution in [0.25, 0.3) is 0 Å². The minimum Gasteiger partial charge on any atom is -0.444 e. The van der Waals surface area contributed by atoms with Crippen molar-refractivity contribution in [1.82, 2.24) is 9.80 Å². The molecule has 0 aliphatic carbocycles. The number of carbonyl (C=O) groups excluding carboxylic acids is 1. The number of likely N-dealkylation sites (tertiary alicyclic amines) is 1. The smallest absolute Gasteiger partial charge is 0.412 e. The molecule has 1 aromatic carbocycles. The average molecular weight is 414 g/mol. The van der Waals surface area contributed by atoms with Crippen molar-refractivity contribution < 1.29 is 27.4 Å². The molecule has 0 radical (unpaired) electrons. The SMILES string of the molecule is CC(C)(C)OC(=O)N1CCC2(CC(c3ccccc3)CN(CC(F)(F)F)C2)OC1. The Morgan fingerprint density at radius 1 is 1.24 bits per heavy atom. The molecule has 2 fully saturated rings. The van der Waals surface area contributed by atoms with Crippen LogP contribution in [0.15, 0.2) is 30.3 Å². The summed E-state index contributed by atoms with van der Waals surface area (Å²) in [7, 11) is 0. The van der Waals surface area contributed by atoms with Gasteiger partial charge in [0.25, 0.3) is 0 Å². The number of benzene rings is 1. The van der Waals surface area contributed by atoms with Crippen molar-refractivity contribution in [1.29, 1.82) is 0 Å². The molecule has 1 aromatic rings. The molecule has 3 rings (SSSR count). The summed E-state index contributed by atoms with van der Waals surface area (Å²) >= 11 is 0. The van der Waals surface area contributed by atoms with E-state index in [4.69, 9.17) is 9.47 Å². The van der Waals surface area contributed by atoms with Crippen LogP contribution in [0.2, 0.25) is 0 Å². The number of hydrogen-bond acceptors (Lipinski definition) is 4. The lowest BCUT2D eigenvalue weighted by Gasteiger charge is -2.49. The number of rotatable bonds is 2. The normalized spacial score (nSPS) is 26.6. The van der Waals surface area contributed by atoms with Crippen molar-refractivity contribution in [2.24, 2.45) is 0 Å². The van der Waals surface area contributed by atoms with Gasteiger partial charge in [0.2, 0.25) is 0 Å². The summed E-state index contributed by atoms with van der Waals surface area (Å²) in [5.41, 5.74) is -0.307. The van der Waals surface area contributed by atoms with Crippen molar-refractivity contribution in [3.8, 4) is 0 Å². The largest absolute Gasteiger partial charge is 0.444 e. The Bertz CT molecular complexity index is 695. The van der Waals surface area contributed by atoms with Gasteiger partial charge in [0.05, 0.1) is 12.1 Å². The number of amides is 1. The van der Waals surface area contributed by atoms with Crippen molar-refractivity contribution in [2.45, 2.75) is 56.9 Å². The van der Waals surface area contributed by atoms with Gasteiger partial charge in [-0.15, -0.1) is 0 Å². The Kier molecular flexibility index (Phi) is 6.15. The molecule has 8 heteroatoms. The number of piperidine rings is 1. The van der Waals surface area contributed by atoms with Crippen LogP contribution in [0, 0.1) is 0 Å². The molecule has 29 heavy (non-hydrogen) atoms. The predicted octanol–water partition coefficient (Wildman–Crippen LogP) is 4.39. The third-order valence-electron chi connectivity index (χ3n) is 5.30. The molecular formula is C21H29F3N2O3. The van der Waals surface area contributed by atoms with E-state index < -0.39 is 30.0 Å². The van der Waals surface area contributed by atoms with E-state index in [0.29, 0.717) is 25.9 Å². The Labute approximate surface area is 169 Å². The van der Waals surface area contributed by atoms with Crippen molar-refractivity contribution in [2.75, 3.05) is 32.9 Å². The van der Waals surface area contributed by atoms with E-state index in [1.807, 2.05) is 30.3 Å². The molecule has 2 unspecified atom stereocenters. The second kappa shape index (κ2) is 8.14. The van der Waals surface area contributed by atoms with Crippen LogP contribution in [0.5, 0.6) is 0 Å². The third-order valence-corrected chi connectivity index (χ3v) is 5.30. The summed E-state index contributed by atoms with van der Waals surface area (Å²) in [6.07, 6.45) is -3.62. The molecule has 0 saturated carbocycles. The molecule has 1 amide bonds. The Morgan fingerprint density at radius 2 is 1.93 bits per heavy atom. The van der Waals surface area contributed by atoms with Crippen molar-refractivity contribution in [3.05, 3.63) is 35.9 Å². The van der Waals surface area contributed by atoms with Gasteiger partial charge >= 0.3 is 12.3 Å². The highest BCUT2D eigenvalue weighted by Gasteiger charge is 2.46. The lowest BCUT2D eigenvalue weighted by molar-refractivity contribution is -0.188. The Balaban J connectivity index is 1.72. The van der Waals surface area contributed by atoms with E-state index in [1.165, 1.54) is 9.80 Å². The summed E-state index contributed by atoms with van der Waals surface area (Å²) in [5, 5.41) is 0. The van der Waals surface area contributed by atoms with E-state index in [9.17, 15) is 18.0 Å². The van der Waals surface area contributed by atoms with Crippen LogP contribution in [-0.2, 0) is 9.47 Å². The summed E-state index contributed by atoms with van der Waals surface area (Å²) in [5.74, 6) is -0.0552. The lowest BCUT2D eigenvalue weighted by atomic mass is 9.79. The molecule has 0 aromatic heterocycles. The summed E-state index contributed by atoms with van der Waals surface area (Å²) in [6.45, 7) is 5.37. The van der Waals surface area contributed by atoms with Gasteiger partial charge in [-0.3, -0.25) is 9.80 Å². The molecule has 0 bridgehead atoms. The fourth-order valence-corrected chi connectivity index (χ4v) is 4.13. The number of carbonyl (C=O) groups is 1. The van der Waals surface area contributed by atoms with Gasteiger partial charge in [0.1, 0.15) is 12.3 Å². The summed E-state index contributed by atoms with van der Waals surface area (Å²) in [4.78, 5) is 15.2. The zero-order valence-electron chi connectivity index (χ0n) is 17.2. The lowest BCUT2D eigenvalue weighted by Crippen LogP contribution is -2.59. The molecule has 2 heterocycles. The van der Waals surface area contributed by atoms with Crippen LogP contribution in [-0.4, -0.2) is 66.2 Å². The summed E-state index contributed by atoms with van der Waals surface area (Å²) in [6, 6.07) is 9.59. The van der Waals surface area contributed by atoms with Crippen molar-refractivity contribution >= 4 is 6.09 Å². The van der Waals surface area contributed by atoms with Crippen LogP contribution >= 0.6 is 0 Å².